The van der Waals surface area contributed by atoms with Crippen LogP contribution in [0, 0.1) is 0 Å². The summed E-state index contributed by atoms with van der Waals surface area (Å²) < 4.78 is 23.2. The van der Waals surface area contributed by atoms with Crippen molar-refractivity contribution in [2.24, 2.45) is 0 Å². The van der Waals surface area contributed by atoms with Gasteiger partial charge in [-0.25, -0.2) is 8.42 Å². The Balaban J connectivity index is 1.82. The molecule has 1 aliphatic heterocycles. The van der Waals surface area contributed by atoms with Gasteiger partial charge in [-0.05, 0) is 32.1 Å². The summed E-state index contributed by atoms with van der Waals surface area (Å²) >= 11 is 0. The van der Waals surface area contributed by atoms with Crippen molar-refractivity contribution in [1.82, 2.24) is 5.32 Å². The van der Waals surface area contributed by atoms with Crippen LogP contribution in [0.15, 0.2) is 12.2 Å². The van der Waals surface area contributed by atoms with Crippen molar-refractivity contribution in [2.75, 3.05) is 12.3 Å². The van der Waals surface area contributed by atoms with Crippen molar-refractivity contribution in [3.05, 3.63) is 12.2 Å². The highest BCUT2D eigenvalue weighted by atomic mass is 32.2. The molecular weight excluding hydrogens is 210 g/mol. The lowest BCUT2D eigenvalue weighted by Crippen LogP contribution is -2.37. The van der Waals surface area contributed by atoms with E-state index in [-0.39, 0.29) is 5.25 Å². The Bertz CT molecular complexity index is 334. The van der Waals surface area contributed by atoms with Crippen LogP contribution in [0.3, 0.4) is 0 Å². The van der Waals surface area contributed by atoms with Gasteiger partial charge in [-0.3, -0.25) is 0 Å². The van der Waals surface area contributed by atoms with Crippen molar-refractivity contribution in [3.8, 4) is 0 Å². The van der Waals surface area contributed by atoms with E-state index in [0.29, 0.717) is 18.3 Å². The number of sulfone groups is 1. The maximum atomic E-state index is 11.6. The van der Waals surface area contributed by atoms with Gasteiger partial charge in [0.2, 0.25) is 0 Å². The van der Waals surface area contributed by atoms with E-state index in [1.807, 2.05) is 0 Å². The van der Waals surface area contributed by atoms with Crippen molar-refractivity contribution in [3.63, 3.8) is 0 Å². The van der Waals surface area contributed by atoms with Crippen LogP contribution in [-0.2, 0) is 9.84 Å². The molecule has 0 radical (unpaired) electrons. The van der Waals surface area contributed by atoms with Gasteiger partial charge in [0.25, 0.3) is 0 Å². The molecule has 0 saturated carbocycles. The Morgan fingerprint density at radius 1 is 1.27 bits per heavy atom. The summed E-state index contributed by atoms with van der Waals surface area (Å²) in [4.78, 5) is 0. The molecule has 2 rings (SSSR count). The van der Waals surface area contributed by atoms with Crippen molar-refractivity contribution in [2.45, 2.75) is 43.4 Å². The molecule has 3 nitrogen and oxygen atoms in total. The van der Waals surface area contributed by atoms with E-state index in [1.54, 1.807) is 0 Å². The van der Waals surface area contributed by atoms with Gasteiger partial charge >= 0.3 is 0 Å². The molecule has 2 unspecified atom stereocenters. The fourth-order valence-corrected chi connectivity index (χ4v) is 4.13. The third kappa shape index (κ3) is 2.82. The summed E-state index contributed by atoms with van der Waals surface area (Å²) in [5, 5.41) is 3.22. The molecule has 0 bridgehead atoms. The normalized spacial score (nSPS) is 34.4. The third-order valence-electron chi connectivity index (χ3n) is 3.32. The van der Waals surface area contributed by atoms with Crippen LogP contribution >= 0.6 is 0 Å². The third-order valence-corrected chi connectivity index (χ3v) is 5.60. The average Bonchev–Trinajstić information content (AvgIpc) is 2.56. The maximum absolute atomic E-state index is 11.6. The predicted octanol–water partition coefficient (Wildman–Crippen LogP) is 1.26. The van der Waals surface area contributed by atoms with Gasteiger partial charge in [-0.1, -0.05) is 12.2 Å². The van der Waals surface area contributed by atoms with Crippen LogP contribution in [0.25, 0.3) is 0 Å². The molecule has 1 fully saturated rings. The lowest BCUT2D eigenvalue weighted by atomic mass is 10.0. The highest BCUT2D eigenvalue weighted by Crippen LogP contribution is 2.19. The Morgan fingerprint density at radius 2 is 2.13 bits per heavy atom. The summed E-state index contributed by atoms with van der Waals surface area (Å²) in [5.41, 5.74) is 0. The second-order valence-corrected chi connectivity index (χ2v) is 6.91. The first kappa shape index (κ1) is 11.1. The summed E-state index contributed by atoms with van der Waals surface area (Å²) in [6.07, 6.45) is 9.56. The van der Waals surface area contributed by atoms with Crippen LogP contribution in [0.5, 0.6) is 0 Å². The van der Waals surface area contributed by atoms with Gasteiger partial charge in [0, 0.05) is 12.6 Å². The summed E-state index contributed by atoms with van der Waals surface area (Å²) in [6, 6.07) is 0.398. The predicted molar refractivity (Wildman–Crippen MR) is 61.6 cm³/mol. The molecule has 2 aliphatic rings. The van der Waals surface area contributed by atoms with Crippen LogP contribution in [0.2, 0.25) is 0 Å². The molecule has 1 heterocycles. The topological polar surface area (TPSA) is 46.2 Å². The minimum atomic E-state index is -2.77. The van der Waals surface area contributed by atoms with E-state index in [1.165, 1.54) is 12.8 Å². The van der Waals surface area contributed by atoms with Crippen LogP contribution in [-0.4, -0.2) is 32.0 Å². The molecule has 1 N–H and O–H groups in total. The minimum Gasteiger partial charge on any atom is -0.309 e. The number of rotatable bonds is 3. The maximum Gasteiger partial charge on any atom is 0.154 e. The highest BCUT2D eigenvalue weighted by Gasteiger charge is 2.31. The molecule has 0 aromatic carbocycles. The first-order chi connectivity index (χ1) is 7.18. The SMILES string of the molecule is O=S1(=O)CCCC1CNC1C=CCCC1. The van der Waals surface area contributed by atoms with Gasteiger partial charge in [-0.15, -0.1) is 0 Å². The first-order valence-corrected chi connectivity index (χ1v) is 7.52. The van der Waals surface area contributed by atoms with Gasteiger partial charge in [0.1, 0.15) is 0 Å². The molecule has 1 aliphatic carbocycles. The molecule has 0 aromatic rings. The number of hydrogen-bond donors (Lipinski definition) is 1. The minimum absolute atomic E-state index is 0.132. The lowest BCUT2D eigenvalue weighted by Gasteiger charge is -2.20. The van der Waals surface area contributed by atoms with Crippen molar-refractivity contribution in [1.29, 1.82) is 0 Å². The molecule has 0 aromatic heterocycles. The van der Waals surface area contributed by atoms with E-state index in [0.717, 1.165) is 19.3 Å². The molecule has 86 valence electrons. The quantitative estimate of drug-likeness (QED) is 0.741. The fraction of sp³-hybridized carbons (Fsp3) is 0.818. The molecule has 15 heavy (non-hydrogen) atoms. The van der Waals surface area contributed by atoms with Gasteiger partial charge in [-0.2, -0.15) is 0 Å². The number of hydrogen-bond acceptors (Lipinski definition) is 3. The molecular formula is C11H19NO2S. The molecule has 2 atom stereocenters. The van der Waals surface area contributed by atoms with Gasteiger partial charge in [0.05, 0.1) is 11.0 Å². The van der Waals surface area contributed by atoms with Crippen LogP contribution in [0.4, 0.5) is 0 Å². The first-order valence-electron chi connectivity index (χ1n) is 5.80. The molecule has 4 heteroatoms. The van der Waals surface area contributed by atoms with E-state index < -0.39 is 9.84 Å². The van der Waals surface area contributed by atoms with E-state index >= 15 is 0 Å². The molecule has 1 saturated heterocycles. The van der Waals surface area contributed by atoms with Crippen LogP contribution in [0.1, 0.15) is 32.1 Å². The highest BCUT2D eigenvalue weighted by molar-refractivity contribution is 7.92. The zero-order valence-electron chi connectivity index (χ0n) is 8.98. The monoisotopic (exact) mass is 229 g/mol. The largest absolute Gasteiger partial charge is 0.309 e. The van der Waals surface area contributed by atoms with Gasteiger partial charge in [0.15, 0.2) is 9.84 Å². The Hall–Kier alpha value is -0.350. The van der Waals surface area contributed by atoms with Crippen molar-refractivity contribution >= 4 is 9.84 Å². The zero-order chi connectivity index (χ0) is 10.7. The Morgan fingerprint density at radius 3 is 2.73 bits per heavy atom. The van der Waals surface area contributed by atoms with Gasteiger partial charge < -0.3 is 5.32 Å². The number of nitrogens with one attached hydrogen (secondary N) is 1. The summed E-state index contributed by atoms with van der Waals surface area (Å²) in [6.45, 7) is 0.636. The standard InChI is InChI=1S/C11H19NO2S/c13-15(14)8-4-7-11(15)9-12-10-5-2-1-3-6-10/h2,5,10-12H,1,3-4,6-9H2. The van der Waals surface area contributed by atoms with Crippen LogP contribution < -0.4 is 5.32 Å². The summed E-state index contributed by atoms with van der Waals surface area (Å²) in [7, 11) is -2.77. The zero-order valence-corrected chi connectivity index (χ0v) is 9.80. The fourth-order valence-electron chi connectivity index (χ4n) is 2.35. The smallest absolute Gasteiger partial charge is 0.154 e. The summed E-state index contributed by atoms with van der Waals surface area (Å²) in [5.74, 6) is 0.389. The second-order valence-electron chi connectivity index (χ2n) is 4.51. The Labute approximate surface area is 91.9 Å². The average molecular weight is 229 g/mol. The van der Waals surface area contributed by atoms with E-state index in [9.17, 15) is 8.42 Å². The molecule has 0 spiro atoms. The molecule has 0 amide bonds. The number of allylic oxidation sites excluding steroid dienone is 1. The van der Waals surface area contributed by atoms with E-state index in [2.05, 4.69) is 17.5 Å². The van der Waals surface area contributed by atoms with Crippen molar-refractivity contribution < 1.29 is 8.42 Å². The lowest BCUT2D eigenvalue weighted by molar-refractivity contribution is 0.507. The Kier molecular flexibility index (Phi) is 3.46. The second kappa shape index (κ2) is 4.66. The van der Waals surface area contributed by atoms with E-state index in [4.69, 9.17) is 0 Å².